The molecule has 21 heavy (non-hydrogen) atoms. The van der Waals surface area contributed by atoms with Crippen LogP contribution >= 0.6 is 15.9 Å². The molecule has 0 radical (unpaired) electrons. The molecular formula is C14H8BrF5O. The van der Waals surface area contributed by atoms with E-state index in [0.717, 1.165) is 12.1 Å². The Morgan fingerprint density at radius 2 is 1.57 bits per heavy atom. The van der Waals surface area contributed by atoms with Gasteiger partial charge in [0.25, 0.3) is 6.43 Å². The molecule has 2 aromatic rings. The van der Waals surface area contributed by atoms with E-state index in [0.29, 0.717) is 5.56 Å². The molecule has 0 spiro atoms. The van der Waals surface area contributed by atoms with Gasteiger partial charge in [0.2, 0.25) is 0 Å². The molecule has 0 unspecified atom stereocenters. The zero-order chi connectivity index (χ0) is 15.6. The summed E-state index contributed by atoms with van der Waals surface area (Å²) in [4.78, 5) is 0. The van der Waals surface area contributed by atoms with Crippen LogP contribution in [0.3, 0.4) is 0 Å². The maximum Gasteiger partial charge on any atom is 0.573 e. The highest BCUT2D eigenvalue weighted by atomic mass is 79.9. The van der Waals surface area contributed by atoms with E-state index in [-0.39, 0.29) is 15.6 Å². The van der Waals surface area contributed by atoms with Gasteiger partial charge >= 0.3 is 6.36 Å². The van der Waals surface area contributed by atoms with Crippen molar-refractivity contribution < 1.29 is 26.7 Å². The highest BCUT2D eigenvalue weighted by Gasteiger charge is 2.31. The third kappa shape index (κ3) is 3.93. The molecule has 0 N–H and O–H groups in total. The minimum Gasteiger partial charge on any atom is -0.406 e. The van der Waals surface area contributed by atoms with E-state index in [1.54, 1.807) is 6.07 Å². The van der Waals surface area contributed by atoms with Crippen LogP contribution in [0.25, 0.3) is 11.1 Å². The van der Waals surface area contributed by atoms with Crippen LogP contribution in [0.15, 0.2) is 46.9 Å². The molecule has 0 amide bonds. The van der Waals surface area contributed by atoms with E-state index in [2.05, 4.69) is 20.7 Å². The largest absolute Gasteiger partial charge is 0.573 e. The van der Waals surface area contributed by atoms with Gasteiger partial charge in [0.1, 0.15) is 5.75 Å². The van der Waals surface area contributed by atoms with Crippen LogP contribution in [0, 0.1) is 0 Å². The summed E-state index contributed by atoms with van der Waals surface area (Å²) in [5, 5.41) is 0. The molecule has 0 fully saturated rings. The van der Waals surface area contributed by atoms with Crippen molar-refractivity contribution in [3.63, 3.8) is 0 Å². The SMILES string of the molecule is FC(F)c1c(Br)cccc1-c1ccc(OC(F)(F)F)cc1. The number of ether oxygens (including phenoxy) is 1. The Balaban J connectivity index is 2.38. The summed E-state index contributed by atoms with van der Waals surface area (Å²) in [5.41, 5.74) is 0.418. The fourth-order valence-corrected chi connectivity index (χ4v) is 2.39. The fraction of sp³-hybridized carbons (Fsp3) is 0.143. The minimum atomic E-state index is -4.79. The van der Waals surface area contributed by atoms with Gasteiger partial charge < -0.3 is 4.74 Å². The lowest BCUT2D eigenvalue weighted by atomic mass is 10.00. The van der Waals surface area contributed by atoms with Gasteiger partial charge in [-0.3, -0.25) is 0 Å². The Labute approximate surface area is 125 Å². The third-order valence-electron chi connectivity index (χ3n) is 2.67. The van der Waals surface area contributed by atoms with E-state index in [9.17, 15) is 22.0 Å². The van der Waals surface area contributed by atoms with Gasteiger partial charge in [0.05, 0.1) is 0 Å². The van der Waals surface area contributed by atoms with Gasteiger partial charge in [-0.15, -0.1) is 13.2 Å². The number of benzene rings is 2. The summed E-state index contributed by atoms with van der Waals surface area (Å²) in [6.45, 7) is 0. The fourth-order valence-electron chi connectivity index (χ4n) is 1.85. The molecule has 0 saturated carbocycles. The molecule has 2 rings (SSSR count). The van der Waals surface area contributed by atoms with Gasteiger partial charge in [-0.2, -0.15) is 0 Å². The summed E-state index contributed by atoms with van der Waals surface area (Å²) in [5.74, 6) is -0.403. The lowest BCUT2D eigenvalue weighted by molar-refractivity contribution is -0.274. The molecule has 1 nitrogen and oxygen atoms in total. The van der Waals surface area contributed by atoms with E-state index < -0.39 is 18.5 Å². The summed E-state index contributed by atoms with van der Waals surface area (Å²) in [6.07, 6.45) is -7.49. The van der Waals surface area contributed by atoms with Crippen LogP contribution < -0.4 is 4.74 Å². The summed E-state index contributed by atoms with van der Waals surface area (Å²) in [6, 6.07) is 9.30. The number of hydrogen-bond donors (Lipinski definition) is 0. The van der Waals surface area contributed by atoms with E-state index in [4.69, 9.17) is 0 Å². The van der Waals surface area contributed by atoms with E-state index in [1.165, 1.54) is 24.3 Å². The van der Waals surface area contributed by atoms with Gasteiger partial charge in [0, 0.05) is 10.0 Å². The smallest absolute Gasteiger partial charge is 0.406 e. The maximum absolute atomic E-state index is 13.1. The molecule has 2 aromatic carbocycles. The number of halogens is 6. The van der Waals surface area contributed by atoms with Crippen molar-refractivity contribution in [3.05, 3.63) is 52.5 Å². The molecule has 7 heteroatoms. The van der Waals surface area contributed by atoms with Gasteiger partial charge in [0.15, 0.2) is 0 Å². The normalized spacial score (nSPS) is 11.8. The lowest BCUT2D eigenvalue weighted by Crippen LogP contribution is -2.16. The van der Waals surface area contributed by atoms with Crippen LogP contribution in [-0.4, -0.2) is 6.36 Å². The van der Waals surface area contributed by atoms with Crippen LogP contribution in [-0.2, 0) is 0 Å². The first-order valence-electron chi connectivity index (χ1n) is 5.70. The monoisotopic (exact) mass is 366 g/mol. The maximum atomic E-state index is 13.1. The Morgan fingerprint density at radius 3 is 2.10 bits per heavy atom. The van der Waals surface area contributed by atoms with Crippen molar-refractivity contribution in [1.82, 2.24) is 0 Å². The van der Waals surface area contributed by atoms with E-state index >= 15 is 0 Å². The molecule has 0 bridgehead atoms. The van der Waals surface area contributed by atoms with Crippen molar-refractivity contribution in [2.24, 2.45) is 0 Å². The second kappa shape index (κ2) is 6.01. The molecular weight excluding hydrogens is 359 g/mol. The quantitative estimate of drug-likeness (QED) is 0.609. The van der Waals surface area contributed by atoms with Crippen molar-refractivity contribution in [3.8, 4) is 16.9 Å². The number of rotatable bonds is 3. The lowest BCUT2D eigenvalue weighted by Gasteiger charge is -2.12. The average molecular weight is 367 g/mol. The zero-order valence-electron chi connectivity index (χ0n) is 10.3. The van der Waals surface area contributed by atoms with Crippen LogP contribution in [0.4, 0.5) is 22.0 Å². The van der Waals surface area contributed by atoms with Gasteiger partial charge in [-0.25, -0.2) is 8.78 Å². The zero-order valence-corrected chi connectivity index (χ0v) is 11.9. The minimum absolute atomic E-state index is 0.206. The molecule has 0 aliphatic heterocycles. The van der Waals surface area contributed by atoms with Crippen molar-refractivity contribution in [1.29, 1.82) is 0 Å². The summed E-state index contributed by atoms with van der Waals surface area (Å²) < 4.78 is 66.3. The van der Waals surface area contributed by atoms with E-state index in [1.807, 2.05) is 0 Å². The predicted molar refractivity (Wildman–Crippen MR) is 71.2 cm³/mol. The third-order valence-corrected chi connectivity index (χ3v) is 3.36. The second-order valence-electron chi connectivity index (χ2n) is 4.07. The second-order valence-corrected chi connectivity index (χ2v) is 4.93. The predicted octanol–water partition coefficient (Wildman–Crippen LogP) is 5.95. The Hall–Kier alpha value is -1.63. The van der Waals surface area contributed by atoms with Gasteiger partial charge in [-0.05, 0) is 29.3 Å². The first-order chi connectivity index (χ1) is 9.78. The number of hydrogen-bond acceptors (Lipinski definition) is 1. The highest BCUT2D eigenvalue weighted by Crippen LogP contribution is 2.37. The van der Waals surface area contributed by atoms with Crippen molar-refractivity contribution >= 4 is 15.9 Å². The molecule has 0 saturated heterocycles. The van der Waals surface area contributed by atoms with Gasteiger partial charge in [-0.1, -0.05) is 40.2 Å². The van der Waals surface area contributed by atoms with Crippen LogP contribution in [0.5, 0.6) is 5.75 Å². The van der Waals surface area contributed by atoms with Crippen molar-refractivity contribution in [2.75, 3.05) is 0 Å². The first-order valence-corrected chi connectivity index (χ1v) is 6.50. The van der Waals surface area contributed by atoms with Crippen molar-refractivity contribution in [2.45, 2.75) is 12.8 Å². The average Bonchev–Trinajstić information content (AvgIpc) is 2.37. The molecule has 0 aliphatic carbocycles. The summed E-state index contributed by atoms with van der Waals surface area (Å²) >= 11 is 3.05. The topological polar surface area (TPSA) is 9.23 Å². The molecule has 0 aliphatic rings. The molecule has 0 atom stereocenters. The summed E-state index contributed by atoms with van der Waals surface area (Å²) in [7, 11) is 0. The molecule has 0 aromatic heterocycles. The van der Waals surface area contributed by atoms with Crippen LogP contribution in [0.2, 0.25) is 0 Å². The highest BCUT2D eigenvalue weighted by molar-refractivity contribution is 9.10. The van der Waals surface area contributed by atoms with Crippen LogP contribution in [0.1, 0.15) is 12.0 Å². The Kier molecular flexibility index (Phi) is 4.51. The molecule has 0 heterocycles. The Bertz CT molecular complexity index is 622. The molecule has 112 valence electrons. The Morgan fingerprint density at radius 1 is 0.952 bits per heavy atom. The standard InChI is InChI=1S/C14H8BrF5O/c15-11-3-1-2-10(12(11)13(16)17)8-4-6-9(7-5-8)21-14(18,19)20/h1-7,13H. The first kappa shape index (κ1) is 15.8. The number of alkyl halides is 5.